The van der Waals surface area contributed by atoms with Crippen LogP contribution in [0.2, 0.25) is 0 Å². The van der Waals surface area contributed by atoms with Gasteiger partial charge in [0.15, 0.2) is 0 Å². The normalized spacial score (nSPS) is 12.6. The Morgan fingerprint density at radius 1 is 1.00 bits per heavy atom. The zero-order valence-corrected chi connectivity index (χ0v) is 18.0. The van der Waals surface area contributed by atoms with Gasteiger partial charge in [-0.25, -0.2) is 4.79 Å². The van der Waals surface area contributed by atoms with Gasteiger partial charge in [-0.15, -0.1) is 0 Å². The molecular weight excluding hydrogens is 416 g/mol. The van der Waals surface area contributed by atoms with Gasteiger partial charge >= 0.3 is 6.03 Å². The zero-order chi connectivity index (χ0) is 23.0. The molecule has 0 spiro atoms. The highest BCUT2D eigenvalue weighted by molar-refractivity contribution is 6.04. The van der Waals surface area contributed by atoms with Crippen molar-refractivity contribution in [2.45, 2.75) is 19.4 Å². The van der Waals surface area contributed by atoms with E-state index in [2.05, 4.69) is 25.8 Å². The molecule has 1 aromatic heterocycles. The number of nitrogens with zero attached hydrogens (tertiary/aromatic N) is 3. The molecule has 33 heavy (non-hydrogen) atoms. The molecule has 8 nitrogen and oxygen atoms in total. The summed E-state index contributed by atoms with van der Waals surface area (Å²) in [5, 5.41) is 17.5. The molecule has 0 aliphatic carbocycles. The van der Waals surface area contributed by atoms with Crippen LogP contribution in [0.4, 0.5) is 21.9 Å². The fraction of sp³-hybridized carbons (Fsp3) is 0.200. The van der Waals surface area contributed by atoms with Crippen molar-refractivity contribution in [1.82, 2.24) is 10.3 Å². The van der Waals surface area contributed by atoms with E-state index in [0.29, 0.717) is 29.0 Å². The quantitative estimate of drug-likeness (QED) is 0.534. The molecule has 0 unspecified atom stereocenters. The molecule has 0 saturated carbocycles. The van der Waals surface area contributed by atoms with E-state index in [9.17, 15) is 9.59 Å². The average Bonchev–Trinajstić information content (AvgIpc) is 3.38. The molecular formula is C25H24N6O2. The number of carbonyl (C=O) groups excluding carboxylic acids is 2. The predicted molar refractivity (Wildman–Crippen MR) is 127 cm³/mol. The van der Waals surface area contributed by atoms with Gasteiger partial charge in [-0.3, -0.25) is 9.78 Å². The molecule has 1 fully saturated rings. The van der Waals surface area contributed by atoms with Crippen LogP contribution in [0.3, 0.4) is 0 Å². The third-order valence-corrected chi connectivity index (χ3v) is 5.37. The van der Waals surface area contributed by atoms with E-state index >= 15 is 0 Å². The SMILES string of the molecule is N#Cc1cccc(NC(=O)Nc2ccc(N3CCCC3)c(C(=O)NCc3cccnc3)c2)c1. The molecule has 0 atom stereocenters. The third-order valence-electron chi connectivity index (χ3n) is 5.37. The van der Waals surface area contributed by atoms with Gasteiger partial charge in [-0.05, 0) is 60.9 Å². The lowest BCUT2D eigenvalue weighted by atomic mass is 10.1. The van der Waals surface area contributed by atoms with Crippen LogP contribution in [-0.4, -0.2) is 30.0 Å². The highest BCUT2D eigenvalue weighted by Crippen LogP contribution is 2.28. The van der Waals surface area contributed by atoms with Crippen molar-refractivity contribution in [3.05, 3.63) is 83.7 Å². The Hall–Kier alpha value is -4.38. The topological polar surface area (TPSA) is 110 Å². The van der Waals surface area contributed by atoms with Crippen molar-refractivity contribution in [2.24, 2.45) is 0 Å². The summed E-state index contributed by atoms with van der Waals surface area (Å²) in [6.45, 7) is 2.15. The Labute approximate surface area is 192 Å². The molecule has 2 aromatic carbocycles. The number of rotatable bonds is 6. The largest absolute Gasteiger partial charge is 0.371 e. The number of hydrogen-bond donors (Lipinski definition) is 3. The van der Waals surface area contributed by atoms with Gasteiger partial charge in [-0.1, -0.05) is 12.1 Å². The lowest BCUT2D eigenvalue weighted by molar-refractivity contribution is 0.0951. The number of nitrogens with one attached hydrogen (secondary N) is 3. The summed E-state index contributed by atoms with van der Waals surface area (Å²) in [6, 6.07) is 17.3. The minimum Gasteiger partial charge on any atom is -0.371 e. The molecule has 1 aliphatic rings. The Balaban J connectivity index is 1.50. The Bertz CT molecular complexity index is 1180. The highest BCUT2D eigenvalue weighted by atomic mass is 16.2. The first kappa shape index (κ1) is 21.8. The second-order valence-electron chi connectivity index (χ2n) is 7.74. The van der Waals surface area contributed by atoms with Crippen LogP contribution in [-0.2, 0) is 6.54 Å². The van der Waals surface area contributed by atoms with Crippen LogP contribution in [0, 0.1) is 11.3 Å². The standard InChI is InChI=1S/C25H24N6O2/c26-15-18-5-3-7-20(13-18)29-25(33)30-21-8-9-23(31-11-1-2-12-31)22(14-21)24(32)28-17-19-6-4-10-27-16-19/h3-10,13-14,16H,1-2,11-12,17H2,(H,28,32)(H2,29,30,33). The number of amides is 3. The van der Waals surface area contributed by atoms with Gasteiger partial charge in [0.05, 0.1) is 17.2 Å². The molecule has 3 amide bonds. The summed E-state index contributed by atoms with van der Waals surface area (Å²) in [4.78, 5) is 31.8. The third kappa shape index (κ3) is 5.66. The van der Waals surface area contributed by atoms with Crippen molar-refractivity contribution in [1.29, 1.82) is 5.26 Å². The first-order chi connectivity index (χ1) is 16.1. The number of carbonyl (C=O) groups is 2. The number of hydrogen-bond acceptors (Lipinski definition) is 5. The van der Waals surface area contributed by atoms with E-state index < -0.39 is 6.03 Å². The van der Waals surface area contributed by atoms with Gasteiger partial charge in [0.1, 0.15) is 0 Å². The molecule has 1 aliphatic heterocycles. The summed E-state index contributed by atoms with van der Waals surface area (Å²) < 4.78 is 0. The van der Waals surface area contributed by atoms with E-state index in [4.69, 9.17) is 5.26 Å². The lowest BCUT2D eigenvalue weighted by Gasteiger charge is -2.22. The van der Waals surface area contributed by atoms with Gasteiger partial charge in [-0.2, -0.15) is 5.26 Å². The first-order valence-corrected chi connectivity index (χ1v) is 10.8. The van der Waals surface area contributed by atoms with Crippen molar-refractivity contribution in [3.63, 3.8) is 0 Å². The van der Waals surface area contributed by atoms with Gasteiger partial charge in [0, 0.05) is 49.1 Å². The molecule has 2 heterocycles. The first-order valence-electron chi connectivity index (χ1n) is 10.8. The van der Waals surface area contributed by atoms with Crippen LogP contribution in [0.25, 0.3) is 0 Å². The number of pyridine rings is 1. The minimum absolute atomic E-state index is 0.216. The van der Waals surface area contributed by atoms with E-state index in [1.807, 2.05) is 24.3 Å². The van der Waals surface area contributed by atoms with E-state index in [1.54, 1.807) is 48.8 Å². The molecule has 3 aromatic rings. The maximum absolute atomic E-state index is 13.1. The predicted octanol–water partition coefficient (Wildman–Crippen LogP) is 4.13. The smallest absolute Gasteiger partial charge is 0.323 e. The highest BCUT2D eigenvalue weighted by Gasteiger charge is 2.20. The van der Waals surface area contributed by atoms with Crippen molar-refractivity contribution in [2.75, 3.05) is 28.6 Å². The van der Waals surface area contributed by atoms with E-state index in [1.165, 1.54) is 0 Å². The van der Waals surface area contributed by atoms with Gasteiger partial charge < -0.3 is 20.9 Å². The summed E-state index contributed by atoms with van der Waals surface area (Å²) in [6.07, 6.45) is 5.57. The fourth-order valence-electron chi connectivity index (χ4n) is 3.77. The number of benzene rings is 2. The maximum atomic E-state index is 13.1. The second kappa shape index (κ2) is 10.3. The average molecular weight is 441 g/mol. The zero-order valence-electron chi connectivity index (χ0n) is 18.0. The number of anilines is 3. The lowest BCUT2D eigenvalue weighted by Crippen LogP contribution is -2.27. The molecule has 8 heteroatoms. The van der Waals surface area contributed by atoms with E-state index in [-0.39, 0.29) is 5.91 Å². The molecule has 1 saturated heterocycles. The molecule has 4 rings (SSSR count). The van der Waals surface area contributed by atoms with Crippen LogP contribution in [0.1, 0.15) is 34.3 Å². The van der Waals surface area contributed by atoms with Crippen LogP contribution >= 0.6 is 0 Å². The van der Waals surface area contributed by atoms with Gasteiger partial charge in [0.2, 0.25) is 0 Å². The van der Waals surface area contributed by atoms with Crippen LogP contribution in [0.15, 0.2) is 67.0 Å². The maximum Gasteiger partial charge on any atom is 0.323 e. The second-order valence-corrected chi connectivity index (χ2v) is 7.74. The van der Waals surface area contributed by atoms with Crippen LogP contribution < -0.4 is 20.9 Å². The molecule has 3 N–H and O–H groups in total. The number of urea groups is 1. The molecule has 0 radical (unpaired) electrons. The number of aromatic nitrogens is 1. The minimum atomic E-state index is -0.458. The van der Waals surface area contributed by atoms with Crippen LogP contribution in [0.5, 0.6) is 0 Å². The summed E-state index contributed by atoms with van der Waals surface area (Å²) in [7, 11) is 0. The summed E-state index contributed by atoms with van der Waals surface area (Å²) in [5.41, 5.74) is 3.72. The summed E-state index contributed by atoms with van der Waals surface area (Å²) >= 11 is 0. The Kier molecular flexibility index (Phi) is 6.81. The fourth-order valence-corrected chi connectivity index (χ4v) is 3.77. The summed E-state index contributed by atoms with van der Waals surface area (Å²) in [5.74, 6) is -0.216. The Morgan fingerprint density at radius 3 is 2.52 bits per heavy atom. The van der Waals surface area contributed by atoms with Crippen molar-refractivity contribution in [3.8, 4) is 6.07 Å². The number of nitriles is 1. The van der Waals surface area contributed by atoms with Gasteiger partial charge in [0.25, 0.3) is 5.91 Å². The van der Waals surface area contributed by atoms with E-state index in [0.717, 1.165) is 37.2 Å². The van der Waals surface area contributed by atoms with Crippen molar-refractivity contribution >= 4 is 29.0 Å². The monoisotopic (exact) mass is 440 g/mol. The molecule has 166 valence electrons. The Morgan fingerprint density at radius 2 is 1.79 bits per heavy atom. The molecule has 0 bridgehead atoms. The van der Waals surface area contributed by atoms with Crippen molar-refractivity contribution < 1.29 is 9.59 Å².